The topological polar surface area (TPSA) is 84.3 Å². The first-order valence-corrected chi connectivity index (χ1v) is 5.55. The molecule has 0 saturated carbocycles. The Kier molecular flexibility index (Phi) is 4.70. The molecule has 0 fully saturated rings. The van der Waals surface area contributed by atoms with Crippen LogP contribution in [0.15, 0.2) is 23.2 Å². The highest BCUT2D eigenvalue weighted by Gasteiger charge is 2.21. The molecule has 0 aliphatic carbocycles. The van der Waals surface area contributed by atoms with E-state index in [1.165, 1.54) is 25.3 Å². The Hall–Kier alpha value is -1.14. The van der Waals surface area contributed by atoms with Crippen molar-refractivity contribution in [3.63, 3.8) is 0 Å². The van der Waals surface area contributed by atoms with Gasteiger partial charge in [0.05, 0.1) is 10.6 Å². The predicted molar refractivity (Wildman–Crippen MR) is 56.2 cm³/mol. The third-order valence-electron chi connectivity index (χ3n) is 1.69. The Morgan fingerprint density at radius 2 is 2.13 bits per heavy atom. The van der Waals surface area contributed by atoms with Gasteiger partial charge in [0, 0.05) is 6.20 Å². The lowest BCUT2D eigenvalue weighted by Gasteiger charge is -2.03. The van der Waals surface area contributed by atoms with E-state index in [0.717, 1.165) is 0 Å². The van der Waals surface area contributed by atoms with Crippen LogP contribution in [-0.2, 0) is 9.84 Å². The molecule has 84 valence electrons. The summed E-state index contributed by atoms with van der Waals surface area (Å²) in [6.07, 6.45) is 1.25. The van der Waals surface area contributed by atoms with Crippen molar-refractivity contribution in [2.75, 3.05) is 5.75 Å². The SMILES string of the molecule is CCS(=O)(=O)c1cccnc1C(=O)O.Cl. The first kappa shape index (κ1) is 13.9. The molecule has 5 nitrogen and oxygen atoms in total. The van der Waals surface area contributed by atoms with Crippen LogP contribution < -0.4 is 0 Å². The van der Waals surface area contributed by atoms with Crippen molar-refractivity contribution in [2.24, 2.45) is 0 Å². The molecule has 0 amide bonds. The summed E-state index contributed by atoms with van der Waals surface area (Å²) in [5.41, 5.74) is -0.422. The van der Waals surface area contributed by atoms with Crippen LogP contribution in [0.2, 0.25) is 0 Å². The van der Waals surface area contributed by atoms with Gasteiger partial charge in [0.2, 0.25) is 0 Å². The molecule has 7 heteroatoms. The zero-order valence-corrected chi connectivity index (χ0v) is 9.51. The number of sulfone groups is 1. The fourth-order valence-corrected chi connectivity index (χ4v) is 1.99. The maximum atomic E-state index is 11.4. The third kappa shape index (κ3) is 2.90. The van der Waals surface area contributed by atoms with E-state index in [-0.39, 0.29) is 23.1 Å². The van der Waals surface area contributed by atoms with Gasteiger partial charge in [-0.25, -0.2) is 18.2 Å². The predicted octanol–water partition coefficient (Wildman–Crippen LogP) is 0.995. The van der Waals surface area contributed by atoms with E-state index in [0.29, 0.717) is 0 Å². The number of carboxylic acids is 1. The van der Waals surface area contributed by atoms with Crippen molar-refractivity contribution in [3.8, 4) is 0 Å². The Labute approximate surface area is 93.5 Å². The van der Waals surface area contributed by atoms with Gasteiger partial charge in [0.15, 0.2) is 15.5 Å². The molecule has 0 bridgehead atoms. The van der Waals surface area contributed by atoms with E-state index in [1.54, 1.807) is 0 Å². The Morgan fingerprint density at radius 1 is 1.53 bits per heavy atom. The van der Waals surface area contributed by atoms with Crippen LogP contribution >= 0.6 is 12.4 Å². The summed E-state index contributed by atoms with van der Waals surface area (Å²) in [4.78, 5) is 13.9. The lowest BCUT2D eigenvalue weighted by Crippen LogP contribution is -2.12. The van der Waals surface area contributed by atoms with E-state index in [9.17, 15) is 13.2 Å². The van der Waals surface area contributed by atoms with Gasteiger partial charge < -0.3 is 5.11 Å². The maximum absolute atomic E-state index is 11.4. The number of pyridine rings is 1. The minimum atomic E-state index is -3.52. The second kappa shape index (κ2) is 5.09. The molecule has 0 spiro atoms. The smallest absolute Gasteiger partial charge is 0.355 e. The highest BCUT2D eigenvalue weighted by molar-refractivity contribution is 7.91. The number of halogens is 1. The van der Waals surface area contributed by atoms with Crippen LogP contribution in [0, 0.1) is 0 Å². The van der Waals surface area contributed by atoms with Crippen LogP contribution in [0.3, 0.4) is 0 Å². The minimum Gasteiger partial charge on any atom is -0.476 e. The summed E-state index contributed by atoms with van der Waals surface area (Å²) in [6.45, 7) is 1.45. The van der Waals surface area contributed by atoms with Gasteiger partial charge in [-0.3, -0.25) is 0 Å². The molecule has 1 heterocycles. The molecule has 1 N–H and O–H groups in total. The number of aromatic carboxylic acids is 1. The van der Waals surface area contributed by atoms with Gasteiger partial charge in [-0.05, 0) is 12.1 Å². The molecule has 0 unspecified atom stereocenters. The molecule has 0 radical (unpaired) electrons. The van der Waals surface area contributed by atoms with Gasteiger partial charge in [-0.15, -0.1) is 12.4 Å². The average Bonchev–Trinajstić information content (AvgIpc) is 2.18. The molecule has 0 saturated heterocycles. The summed E-state index contributed by atoms with van der Waals surface area (Å²) in [5.74, 6) is -1.48. The maximum Gasteiger partial charge on any atom is 0.355 e. The molecular formula is C8H10ClNO4S. The highest BCUT2D eigenvalue weighted by Crippen LogP contribution is 2.14. The average molecular weight is 252 g/mol. The molecule has 0 aromatic carbocycles. The standard InChI is InChI=1S/C8H9NO4S.ClH/c1-2-14(12,13)6-4-3-5-9-7(6)8(10)11;/h3-5H,2H2,1H3,(H,10,11);1H. The van der Waals surface area contributed by atoms with Crippen molar-refractivity contribution in [1.82, 2.24) is 4.98 Å². The lowest BCUT2D eigenvalue weighted by molar-refractivity contribution is 0.0686. The zero-order chi connectivity index (χ0) is 10.8. The number of aromatic nitrogens is 1. The number of carbonyl (C=O) groups is 1. The summed E-state index contributed by atoms with van der Waals surface area (Å²) in [6, 6.07) is 2.64. The summed E-state index contributed by atoms with van der Waals surface area (Å²) >= 11 is 0. The number of nitrogens with zero attached hydrogens (tertiary/aromatic N) is 1. The molecule has 1 aromatic rings. The van der Waals surface area contributed by atoms with Crippen molar-refractivity contribution >= 4 is 28.2 Å². The van der Waals surface area contributed by atoms with Gasteiger partial charge in [0.25, 0.3) is 0 Å². The van der Waals surface area contributed by atoms with Crippen molar-refractivity contribution in [1.29, 1.82) is 0 Å². The van der Waals surface area contributed by atoms with E-state index >= 15 is 0 Å². The molecule has 0 aliphatic rings. The minimum absolute atomic E-state index is 0. The van der Waals surface area contributed by atoms with Gasteiger partial charge in [-0.2, -0.15) is 0 Å². The van der Waals surface area contributed by atoms with E-state index < -0.39 is 21.5 Å². The second-order valence-electron chi connectivity index (χ2n) is 2.56. The Bertz CT molecular complexity index is 457. The summed E-state index contributed by atoms with van der Waals surface area (Å²) in [7, 11) is -3.52. The quantitative estimate of drug-likeness (QED) is 0.866. The van der Waals surface area contributed by atoms with E-state index in [1.807, 2.05) is 0 Å². The lowest BCUT2D eigenvalue weighted by atomic mass is 10.3. The van der Waals surface area contributed by atoms with Gasteiger partial charge >= 0.3 is 5.97 Å². The van der Waals surface area contributed by atoms with Gasteiger partial charge in [0.1, 0.15) is 0 Å². The van der Waals surface area contributed by atoms with Gasteiger partial charge in [-0.1, -0.05) is 6.92 Å². The highest BCUT2D eigenvalue weighted by atomic mass is 35.5. The molecule has 0 atom stereocenters. The van der Waals surface area contributed by atoms with E-state index in [4.69, 9.17) is 5.11 Å². The first-order valence-electron chi connectivity index (χ1n) is 3.90. The Balaban J connectivity index is 0.00000196. The van der Waals surface area contributed by atoms with Crippen LogP contribution in [0.1, 0.15) is 17.4 Å². The molecule has 15 heavy (non-hydrogen) atoms. The fraction of sp³-hybridized carbons (Fsp3) is 0.250. The summed E-state index contributed by atoms with van der Waals surface area (Å²) < 4.78 is 22.8. The van der Waals surface area contributed by atoms with Crippen molar-refractivity contribution in [2.45, 2.75) is 11.8 Å². The normalized spacial score (nSPS) is 10.5. The van der Waals surface area contributed by atoms with Crippen molar-refractivity contribution < 1.29 is 18.3 Å². The molecule has 1 aromatic heterocycles. The number of rotatable bonds is 3. The zero-order valence-electron chi connectivity index (χ0n) is 7.87. The molecular weight excluding hydrogens is 242 g/mol. The monoisotopic (exact) mass is 251 g/mol. The largest absolute Gasteiger partial charge is 0.476 e. The molecule has 0 aliphatic heterocycles. The van der Waals surface area contributed by atoms with Crippen LogP contribution in [-0.4, -0.2) is 30.2 Å². The second-order valence-corrected chi connectivity index (χ2v) is 4.81. The fourth-order valence-electron chi connectivity index (χ4n) is 0.958. The van der Waals surface area contributed by atoms with Crippen LogP contribution in [0.4, 0.5) is 0 Å². The van der Waals surface area contributed by atoms with Crippen molar-refractivity contribution in [3.05, 3.63) is 24.0 Å². The van der Waals surface area contributed by atoms with E-state index in [2.05, 4.69) is 4.98 Å². The molecule has 1 rings (SSSR count). The number of hydrogen-bond donors (Lipinski definition) is 1. The first-order chi connectivity index (χ1) is 6.49. The van der Waals surface area contributed by atoms with Crippen LogP contribution in [0.25, 0.3) is 0 Å². The Morgan fingerprint density at radius 3 is 2.60 bits per heavy atom. The third-order valence-corrected chi connectivity index (χ3v) is 3.45. The summed E-state index contributed by atoms with van der Waals surface area (Å²) in [5, 5.41) is 8.70. The number of carboxylic acid groups (broad SMARTS) is 1. The number of hydrogen-bond acceptors (Lipinski definition) is 4. The van der Waals surface area contributed by atoms with Crippen LogP contribution in [0.5, 0.6) is 0 Å².